The molecule has 3 rings (SSSR count). The zero-order valence-corrected chi connectivity index (χ0v) is 14.1. The molecule has 1 aliphatic rings. The molecule has 0 fully saturated rings. The van der Waals surface area contributed by atoms with Crippen LogP contribution in [0.4, 0.5) is 0 Å². The number of nitrogens with one attached hydrogen (secondary N) is 1. The van der Waals surface area contributed by atoms with Gasteiger partial charge in [-0.1, -0.05) is 19.2 Å². The van der Waals surface area contributed by atoms with E-state index in [1.807, 2.05) is 29.0 Å². The predicted octanol–water partition coefficient (Wildman–Crippen LogP) is 3.46. The highest BCUT2D eigenvalue weighted by Gasteiger charge is 2.21. The number of allylic oxidation sites excluding steroid dienone is 4. The van der Waals surface area contributed by atoms with Gasteiger partial charge in [0.15, 0.2) is 0 Å². The smallest absolute Gasteiger partial charge is 0.118 e. The van der Waals surface area contributed by atoms with Crippen molar-refractivity contribution in [1.82, 2.24) is 15.1 Å². The van der Waals surface area contributed by atoms with Crippen LogP contribution in [0.25, 0.3) is 17.0 Å². The largest absolute Gasteiger partial charge is 0.497 e. The average molecular weight is 321 g/mol. The lowest BCUT2D eigenvalue weighted by molar-refractivity contribution is 0.415. The first-order valence-corrected chi connectivity index (χ1v) is 8.20. The Hall–Kier alpha value is -2.59. The highest BCUT2D eigenvalue weighted by atomic mass is 16.5. The Kier molecular flexibility index (Phi) is 4.96. The van der Waals surface area contributed by atoms with Gasteiger partial charge in [0, 0.05) is 24.1 Å². The molecule has 0 bridgehead atoms. The van der Waals surface area contributed by atoms with E-state index in [0.29, 0.717) is 0 Å². The van der Waals surface area contributed by atoms with Gasteiger partial charge in [-0.2, -0.15) is 5.10 Å². The van der Waals surface area contributed by atoms with E-state index < -0.39 is 0 Å². The maximum absolute atomic E-state index is 5.28. The molecule has 4 nitrogen and oxygen atoms in total. The molecular formula is C20H23N3O. The molecule has 0 atom stereocenters. The molecule has 2 heterocycles. The lowest BCUT2D eigenvalue weighted by Gasteiger charge is -2.11. The Bertz CT molecular complexity index is 769. The molecule has 124 valence electrons. The summed E-state index contributed by atoms with van der Waals surface area (Å²) in [6, 6.07) is 8.14. The summed E-state index contributed by atoms with van der Waals surface area (Å²) in [5.41, 5.74) is 5.65. The van der Waals surface area contributed by atoms with Gasteiger partial charge >= 0.3 is 0 Å². The van der Waals surface area contributed by atoms with Crippen LogP contribution in [0.3, 0.4) is 0 Å². The van der Waals surface area contributed by atoms with Gasteiger partial charge in [-0.3, -0.25) is 0 Å². The maximum atomic E-state index is 5.28. The van der Waals surface area contributed by atoms with Crippen LogP contribution in [0.5, 0.6) is 5.75 Å². The van der Waals surface area contributed by atoms with E-state index in [-0.39, 0.29) is 0 Å². The van der Waals surface area contributed by atoms with Crippen LogP contribution >= 0.6 is 0 Å². The van der Waals surface area contributed by atoms with Crippen LogP contribution in [0.15, 0.2) is 55.7 Å². The van der Waals surface area contributed by atoms with Crippen molar-refractivity contribution in [2.75, 3.05) is 20.2 Å². The molecule has 0 spiro atoms. The van der Waals surface area contributed by atoms with Gasteiger partial charge in [0.2, 0.25) is 0 Å². The lowest BCUT2D eigenvalue weighted by Crippen LogP contribution is -2.17. The molecule has 0 saturated carbocycles. The zero-order valence-electron chi connectivity index (χ0n) is 14.1. The van der Waals surface area contributed by atoms with Gasteiger partial charge in [-0.05, 0) is 49.4 Å². The summed E-state index contributed by atoms with van der Waals surface area (Å²) in [4.78, 5) is 0. The molecule has 1 aromatic heterocycles. The number of aromatic nitrogens is 2. The summed E-state index contributed by atoms with van der Waals surface area (Å²) in [5, 5.41) is 8.32. The molecule has 1 aromatic carbocycles. The number of benzene rings is 1. The summed E-state index contributed by atoms with van der Waals surface area (Å²) < 4.78 is 7.28. The number of hydrogen-bond acceptors (Lipinski definition) is 3. The van der Waals surface area contributed by atoms with Crippen molar-refractivity contribution < 1.29 is 4.74 Å². The van der Waals surface area contributed by atoms with Crippen LogP contribution in [0, 0.1) is 0 Å². The number of nitrogens with zero attached hydrogens (tertiary/aromatic N) is 2. The van der Waals surface area contributed by atoms with Crippen LogP contribution in [0.1, 0.15) is 11.3 Å². The third-order valence-corrected chi connectivity index (χ3v) is 4.26. The van der Waals surface area contributed by atoms with Crippen molar-refractivity contribution in [1.29, 1.82) is 0 Å². The van der Waals surface area contributed by atoms with Gasteiger partial charge in [-0.25, -0.2) is 4.68 Å². The number of fused-ring (bicyclic) bond motifs is 1. The third-order valence-electron chi connectivity index (χ3n) is 4.26. The third kappa shape index (κ3) is 3.05. The maximum Gasteiger partial charge on any atom is 0.118 e. The van der Waals surface area contributed by atoms with Gasteiger partial charge in [-0.15, -0.1) is 0 Å². The Balaban J connectivity index is 2.19. The second-order valence-electron chi connectivity index (χ2n) is 5.70. The molecule has 0 aliphatic carbocycles. The zero-order chi connectivity index (χ0) is 16.9. The SMILES string of the molecule is C=C/C=C(\C=C)n1nc2c(c1-c1ccc(OC)cc1)CCNCC2. The molecular weight excluding hydrogens is 298 g/mol. The molecule has 0 unspecified atom stereocenters. The van der Waals surface area contributed by atoms with E-state index in [1.54, 1.807) is 13.2 Å². The van der Waals surface area contributed by atoms with E-state index in [4.69, 9.17) is 9.84 Å². The van der Waals surface area contributed by atoms with Crippen molar-refractivity contribution in [2.24, 2.45) is 0 Å². The summed E-state index contributed by atoms with van der Waals surface area (Å²) in [7, 11) is 1.68. The fourth-order valence-corrected chi connectivity index (χ4v) is 3.08. The highest BCUT2D eigenvalue weighted by Crippen LogP contribution is 2.31. The summed E-state index contributed by atoms with van der Waals surface area (Å²) in [6.07, 6.45) is 7.42. The van der Waals surface area contributed by atoms with Crippen LogP contribution < -0.4 is 10.1 Å². The topological polar surface area (TPSA) is 39.1 Å². The Labute approximate surface area is 143 Å². The van der Waals surface area contributed by atoms with Crippen molar-refractivity contribution in [3.8, 4) is 17.0 Å². The van der Waals surface area contributed by atoms with Crippen LogP contribution in [-0.4, -0.2) is 30.0 Å². The van der Waals surface area contributed by atoms with E-state index in [1.165, 1.54) is 5.56 Å². The van der Waals surface area contributed by atoms with E-state index >= 15 is 0 Å². The minimum Gasteiger partial charge on any atom is -0.497 e. The first-order chi connectivity index (χ1) is 11.8. The molecule has 0 radical (unpaired) electrons. The highest BCUT2D eigenvalue weighted by molar-refractivity contribution is 5.72. The van der Waals surface area contributed by atoms with Crippen molar-refractivity contribution >= 4 is 5.70 Å². The second-order valence-corrected chi connectivity index (χ2v) is 5.70. The Morgan fingerprint density at radius 2 is 1.96 bits per heavy atom. The molecule has 0 amide bonds. The summed E-state index contributed by atoms with van der Waals surface area (Å²) in [6.45, 7) is 9.67. The number of hydrogen-bond donors (Lipinski definition) is 1. The second kappa shape index (κ2) is 7.32. The fourth-order valence-electron chi connectivity index (χ4n) is 3.08. The molecule has 0 saturated heterocycles. The molecule has 24 heavy (non-hydrogen) atoms. The fraction of sp³-hybridized carbons (Fsp3) is 0.250. The van der Waals surface area contributed by atoms with Crippen molar-refractivity contribution in [2.45, 2.75) is 12.8 Å². The first kappa shape index (κ1) is 16.3. The van der Waals surface area contributed by atoms with Crippen molar-refractivity contribution in [3.63, 3.8) is 0 Å². The van der Waals surface area contributed by atoms with E-state index in [9.17, 15) is 0 Å². The first-order valence-electron chi connectivity index (χ1n) is 8.20. The monoisotopic (exact) mass is 321 g/mol. The van der Waals surface area contributed by atoms with Gasteiger partial charge in [0.1, 0.15) is 5.75 Å². The number of methoxy groups -OCH3 is 1. The molecule has 4 heteroatoms. The standard InChI is InChI=1S/C20H23N3O/c1-4-6-16(5-2)23-20(15-7-9-17(24-3)10-8-15)18-11-13-21-14-12-19(18)22-23/h4-10,21H,1-2,11-14H2,3H3/b16-6+. The normalized spacial score (nSPS) is 14.6. The number of ether oxygens (including phenoxy) is 1. The average Bonchev–Trinajstić information content (AvgIpc) is 2.81. The minimum absolute atomic E-state index is 0.850. The molecule has 1 N–H and O–H groups in total. The Morgan fingerprint density at radius 1 is 1.21 bits per heavy atom. The van der Waals surface area contributed by atoms with Gasteiger partial charge in [0.05, 0.1) is 24.2 Å². The number of rotatable bonds is 5. The van der Waals surface area contributed by atoms with E-state index in [0.717, 1.165) is 54.3 Å². The van der Waals surface area contributed by atoms with Crippen LogP contribution in [0.2, 0.25) is 0 Å². The lowest BCUT2D eigenvalue weighted by atomic mass is 10.0. The van der Waals surface area contributed by atoms with Crippen LogP contribution in [-0.2, 0) is 12.8 Å². The van der Waals surface area contributed by atoms with Crippen molar-refractivity contribution in [3.05, 3.63) is 66.9 Å². The van der Waals surface area contributed by atoms with E-state index in [2.05, 4.69) is 30.6 Å². The van der Waals surface area contributed by atoms with Gasteiger partial charge in [0.25, 0.3) is 0 Å². The predicted molar refractivity (Wildman–Crippen MR) is 99.2 cm³/mol. The minimum atomic E-state index is 0.850. The Morgan fingerprint density at radius 3 is 2.62 bits per heavy atom. The summed E-state index contributed by atoms with van der Waals surface area (Å²) >= 11 is 0. The summed E-state index contributed by atoms with van der Waals surface area (Å²) in [5.74, 6) is 0.850. The van der Waals surface area contributed by atoms with Gasteiger partial charge < -0.3 is 10.1 Å². The molecule has 1 aliphatic heterocycles. The quantitative estimate of drug-likeness (QED) is 0.857. The molecule has 2 aromatic rings.